The molecule has 0 aliphatic rings. The molecule has 0 aromatic rings. The summed E-state index contributed by atoms with van der Waals surface area (Å²) in [5.74, 6) is -3.02. The summed E-state index contributed by atoms with van der Waals surface area (Å²) in [7, 11) is 0. The standard InChI is InChI=1S/C18H34N4O5/c1-9(2)13(19)16(25)22-14(10(3)4)17(26)21-11(15(20)24)8-12(23)27-18(5,6)7/h9-11,13-14H,8,19H2,1-7H3,(H2,20,24)(H,21,26)(H,22,25)/t11-,13-,14-/m0/s1. The second kappa shape index (κ2) is 10.2. The summed E-state index contributed by atoms with van der Waals surface area (Å²) in [6.45, 7) is 12.1. The number of carbonyl (C=O) groups excluding carboxylic acids is 4. The topological polar surface area (TPSA) is 154 Å². The van der Waals surface area contributed by atoms with Crippen LogP contribution in [0, 0.1) is 11.8 Å². The van der Waals surface area contributed by atoms with Crippen molar-refractivity contribution >= 4 is 23.7 Å². The zero-order valence-corrected chi connectivity index (χ0v) is 17.3. The van der Waals surface area contributed by atoms with Gasteiger partial charge in [-0.2, -0.15) is 0 Å². The van der Waals surface area contributed by atoms with E-state index in [9.17, 15) is 19.2 Å². The van der Waals surface area contributed by atoms with E-state index >= 15 is 0 Å². The average Bonchev–Trinajstić information content (AvgIpc) is 2.48. The minimum Gasteiger partial charge on any atom is -0.460 e. The molecule has 0 aliphatic carbocycles. The first-order valence-electron chi connectivity index (χ1n) is 9.03. The molecule has 0 radical (unpaired) electrons. The van der Waals surface area contributed by atoms with Gasteiger partial charge in [-0.3, -0.25) is 19.2 Å². The zero-order chi connectivity index (χ0) is 21.5. The number of rotatable bonds is 9. The van der Waals surface area contributed by atoms with Crippen molar-refractivity contribution in [3.63, 3.8) is 0 Å². The van der Waals surface area contributed by atoms with Gasteiger partial charge in [-0.05, 0) is 32.6 Å². The Kier molecular flexibility index (Phi) is 9.43. The number of amides is 3. The van der Waals surface area contributed by atoms with E-state index in [1.165, 1.54) is 0 Å². The van der Waals surface area contributed by atoms with Gasteiger partial charge in [0.2, 0.25) is 17.7 Å². The van der Waals surface area contributed by atoms with Gasteiger partial charge < -0.3 is 26.8 Å². The van der Waals surface area contributed by atoms with Crippen molar-refractivity contribution < 1.29 is 23.9 Å². The van der Waals surface area contributed by atoms with Crippen molar-refractivity contribution in [3.05, 3.63) is 0 Å². The molecule has 0 unspecified atom stereocenters. The van der Waals surface area contributed by atoms with Crippen LogP contribution in [0.15, 0.2) is 0 Å². The highest BCUT2D eigenvalue weighted by molar-refractivity contribution is 5.94. The Morgan fingerprint density at radius 3 is 1.81 bits per heavy atom. The molecule has 6 N–H and O–H groups in total. The highest BCUT2D eigenvalue weighted by Gasteiger charge is 2.31. The lowest BCUT2D eigenvalue weighted by Crippen LogP contribution is -2.58. The van der Waals surface area contributed by atoms with Gasteiger partial charge in [-0.25, -0.2) is 0 Å². The van der Waals surface area contributed by atoms with Gasteiger partial charge in [0.05, 0.1) is 12.5 Å². The predicted octanol–water partition coefficient (Wildman–Crippen LogP) is -0.188. The van der Waals surface area contributed by atoms with Gasteiger partial charge in [0, 0.05) is 0 Å². The SMILES string of the molecule is CC(C)[C@H](N)C(=O)N[C@H](C(=O)N[C@@H](CC(=O)OC(C)(C)C)C(N)=O)C(C)C. The van der Waals surface area contributed by atoms with E-state index in [0.717, 1.165) is 0 Å². The van der Waals surface area contributed by atoms with Crippen molar-refractivity contribution in [2.24, 2.45) is 23.3 Å². The van der Waals surface area contributed by atoms with Crippen LogP contribution in [0.3, 0.4) is 0 Å². The average molecular weight is 386 g/mol. The fourth-order valence-electron chi connectivity index (χ4n) is 2.12. The third kappa shape index (κ3) is 9.37. The smallest absolute Gasteiger partial charge is 0.308 e. The Balaban J connectivity index is 5.12. The minimum atomic E-state index is -1.25. The lowest BCUT2D eigenvalue weighted by molar-refractivity contribution is -0.156. The molecular weight excluding hydrogens is 352 g/mol. The quantitative estimate of drug-likeness (QED) is 0.403. The first-order chi connectivity index (χ1) is 12.2. The number of nitrogens with one attached hydrogen (secondary N) is 2. The number of nitrogens with two attached hydrogens (primary N) is 2. The minimum absolute atomic E-state index is 0.105. The second-order valence-electron chi connectivity index (χ2n) is 8.25. The van der Waals surface area contributed by atoms with Crippen molar-refractivity contribution in [1.29, 1.82) is 0 Å². The van der Waals surface area contributed by atoms with Gasteiger partial charge >= 0.3 is 5.97 Å². The Hall–Kier alpha value is -2.16. The van der Waals surface area contributed by atoms with Crippen molar-refractivity contribution in [2.75, 3.05) is 0 Å². The molecule has 0 saturated heterocycles. The van der Waals surface area contributed by atoms with Gasteiger partial charge in [-0.15, -0.1) is 0 Å². The van der Waals surface area contributed by atoms with Crippen LogP contribution < -0.4 is 22.1 Å². The first-order valence-corrected chi connectivity index (χ1v) is 9.03. The van der Waals surface area contributed by atoms with Crippen LogP contribution in [0.4, 0.5) is 0 Å². The molecule has 27 heavy (non-hydrogen) atoms. The molecule has 0 saturated carbocycles. The Morgan fingerprint density at radius 1 is 0.926 bits per heavy atom. The molecule has 0 heterocycles. The number of hydrogen-bond donors (Lipinski definition) is 4. The van der Waals surface area contributed by atoms with Crippen molar-refractivity contribution in [1.82, 2.24) is 10.6 Å². The Labute approximate surface area is 160 Å². The summed E-state index contributed by atoms with van der Waals surface area (Å²) in [6, 6.07) is -2.94. The maximum absolute atomic E-state index is 12.6. The van der Waals surface area contributed by atoms with Crippen LogP contribution in [0.1, 0.15) is 54.9 Å². The second-order valence-corrected chi connectivity index (χ2v) is 8.25. The summed E-state index contributed by atoms with van der Waals surface area (Å²) in [6.07, 6.45) is -0.400. The molecule has 0 aromatic carbocycles. The molecular formula is C18H34N4O5. The van der Waals surface area contributed by atoms with Gasteiger partial charge in [0.25, 0.3) is 0 Å². The van der Waals surface area contributed by atoms with Crippen molar-refractivity contribution in [3.8, 4) is 0 Å². The van der Waals surface area contributed by atoms with E-state index in [0.29, 0.717) is 0 Å². The zero-order valence-electron chi connectivity index (χ0n) is 17.3. The lowest BCUT2D eigenvalue weighted by Gasteiger charge is -2.26. The van der Waals surface area contributed by atoms with Gasteiger partial charge in [0.15, 0.2) is 0 Å². The molecule has 0 fully saturated rings. The summed E-state index contributed by atoms with van der Waals surface area (Å²) in [4.78, 5) is 48.3. The lowest BCUT2D eigenvalue weighted by atomic mass is 10.00. The number of carbonyl (C=O) groups is 4. The van der Waals surface area contributed by atoms with Crippen LogP contribution >= 0.6 is 0 Å². The molecule has 9 heteroatoms. The number of primary amides is 1. The molecule has 3 atom stereocenters. The third-order valence-electron chi connectivity index (χ3n) is 3.72. The normalized spacial score (nSPS) is 15.0. The van der Waals surface area contributed by atoms with Gasteiger partial charge in [-0.1, -0.05) is 27.7 Å². The highest BCUT2D eigenvalue weighted by Crippen LogP contribution is 2.10. The van der Waals surface area contributed by atoms with Crippen LogP contribution in [0.2, 0.25) is 0 Å². The molecule has 0 bridgehead atoms. The first kappa shape index (κ1) is 24.8. The van der Waals surface area contributed by atoms with E-state index in [2.05, 4.69) is 10.6 Å². The molecule has 0 aromatic heterocycles. The monoisotopic (exact) mass is 386 g/mol. The Bertz CT molecular complexity index is 554. The van der Waals surface area contributed by atoms with E-state index in [1.807, 2.05) is 0 Å². The van der Waals surface area contributed by atoms with Crippen LogP contribution in [-0.4, -0.2) is 47.4 Å². The number of ether oxygens (including phenoxy) is 1. The summed E-state index contributed by atoms with van der Waals surface area (Å²) >= 11 is 0. The fourth-order valence-corrected chi connectivity index (χ4v) is 2.12. The predicted molar refractivity (Wildman–Crippen MR) is 101 cm³/mol. The third-order valence-corrected chi connectivity index (χ3v) is 3.72. The molecule has 0 spiro atoms. The maximum atomic E-state index is 12.6. The van der Waals surface area contributed by atoms with E-state index in [1.54, 1.807) is 48.5 Å². The summed E-state index contributed by atoms with van der Waals surface area (Å²) in [5.41, 5.74) is 10.4. The Morgan fingerprint density at radius 2 is 1.44 bits per heavy atom. The van der Waals surface area contributed by atoms with E-state index < -0.39 is 53.8 Å². The van der Waals surface area contributed by atoms with Crippen molar-refractivity contribution in [2.45, 2.75) is 78.6 Å². The molecule has 156 valence electrons. The molecule has 0 aliphatic heterocycles. The summed E-state index contributed by atoms with van der Waals surface area (Å²) < 4.78 is 5.15. The summed E-state index contributed by atoms with van der Waals surface area (Å²) in [5, 5.41) is 5.01. The largest absolute Gasteiger partial charge is 0.460 e. The highest BCUT2D eigenvalue weighted by atomic mass is 16.6. The maximum Gasteiger partial charge on any atom is 0.308 e. The van der Waals surface area contributed by atoms with E-state index in [-0.39, 0.29) is 11.8 Å². The van der Waals surface area contributed by atoms with Crippen LogP contribution in [-0.2, 0) is 23.9 Å². The molecule has 9 nitrogen and oxygen atoms in total. The van der Waals surface area contributed by atoms with Crippen LogP contribution in [0.25, 0.3) is 0 Å². The number of hydrogen-bond acceptors (Lipinski definition) is 6. The van der Waals surface area contributed by atoms with E-state index in [4.69, 9.17) is 16.2 Å². The number of esters is 1. The molecule has 3 amide bonds. The molecule has 0 rings (SSSR count). The van der Waals surface area contributed by atoms with Gasteiger partial charge in [0.1, 0.15) is 17.7 Å². The van der Waals surface area contributed by atoms with Crippen LogP contribution in [0.5, 0.6) is 0 Å². The fraction of sp³-hybridized carbons (Fsp3) is 0.778.